The van der Waals surface area contributed by atoms with E-state index in [4.69, 9.17) is 10.2 Å². The molecule has 0 saturated carbocycles. The SMILES string of the molecule is CC(O)CCN(C)C(=O)NCc1cn(CC(=O)O)nn1. The van der Waals surface area contributed by atoms with Crippen molar-refractivity contribution >= 4 is 12.0 Å². The van der Waals surface area contributed by atoms with Gasteiger partial charge in [0.15, 0.2) is 0 Å². The highest BCUT2D eigenvalue weighted by Gasteiger charge is 2.10. The van der Waals surface area contributed by atoms with E-state index >= 15 is 0 Å². The number of aliphatic hydroxyl groups excluding tert-OH is 1. The van der Waals surface area contributed by atoms with Gasteiger partial charge in [-0.3, -0.25) is 4.79 Å². The van der Waals surface area contributed by atoms with Gasteiger partial charge in [-0.2, -0.15) is 0 Å². The summed E-state index contributed by atoms with van der Waals surface area (Å²) in [7, 11) is 1.62. The molecule has 9 nitrogen and oxygen atoms in total. The Balaban J connectivity index is 2.36. The number of carbonyl (C=O) groups excluding carboxylic acids is 1. The van der Waals surface area contributed by atoms with E-state index in [0.717, 1.165) is 0 Å². The van der Waals surface area contributed by atoms with Crippen molar-refractivity contribution in [3.05, 3.63) is 11.9 Å². The second-order valence-corrected chi connectivity index (χ2v) is 4.52. The first-order valence-electron chi connectivity index (χ1n) is 6.16. The summed E-state index contributed by atoms with van der Waals surface area (Å²) >= 11 is 0. The zero-order chi connectivity index (χ0) is 15.1. The highest BCUT2D eigenvalue weighted by atomic mass is 16.4. The highest BCUT2D eigenvalue weighted by Crippen LogP contribution is 1.96. The van der Waals surface area contributed by atoms with Crippen LogP contribution in [0.5, 0.6) is 0 Å². The first-order chi connectivity index (χ1) is 9.38. The maximum absolute atomic E-state index is 11.7. The molecule has 0 aliphatic heterocycles. The van der Waals surface area contributed by atoms with Gasteiger partial charge in [-0.05, 0) is 13.3 Å². The molecule has 0 aliphatic rings. The number of hydrogen-bond acceptors (Lipinski definition) is 5. The number of hydrogen-bond donors (Lipinski definition) is 3. The lowest BCUT2D eigenvalue weighted by Crippen LogP contribution is -2.38. The largest absolute Gasteiger partial charge is 0.480 e. The number of amides is 2. The molecular weight excluding hydrogens is 266 g/mol. The predicted molar refractivity (Wildman–Crippen MR) is 68.8 cm³/mol. The molecule has 0 fully saturated rings. The number of nitrogens with zero attached hydrogens (tertiary/aromatic N) is 4. The minimum atomic E-state index is -1.01. The molecule has 0 saturated heterocycles. The first-order valence-corrected chi connectivity index (χ1v) is 6.16. The predicted octanol–water partition coefficient (Wildman–Crippen LogP) is -0.725. The fourth-order valence-electron chi connectivity index (χ4n) is 1.42. The number of aliphatic hydroxyl groups is 1. The molecule has 1 aromatic heterocycles. The number of aromatic nitrogens is 3. The summed E-state index contributed by atoms with van der Waals surface area (Å²) in [4.78, 5) is 23.6. The van der Waals surface area contributed by atoms with Crippen molar-refractivity contribution in [2.24, 2.45) is 0 Å². The molecule has 1 rings (SSSR count). The minimum Gasteiger partial charge on any atom is -0.480 e. The Bertz CT molecular complexity index is 459. The standard InChI is InChI=1S/C11H19N5O4/c1-8(17)3-4-15(2)11(20)12-5-9-6-16(14-13-9)7-10(18)19/h6,8,17H,3-5,7H2,1-2H3,(H,12,20)(H,18,19). The molecule has 1 aromatic rings. The lowest BCUT2D eigenvalue weighted by molar-refractivity contribution is -0.137. The lowest BCUT2D eigenvalue weighted by Gasteiger charge is -2.18. The number of carboxylic acid groups (broad SMARTS) is 1. The Hall–Kier alpha value is -2.16. The lowest BCUT2D eigenvalue weighted by atomic mass is 10.3. The molecule has 20 heavy (non-hydrogen) atoms. The van der Waals surface area contributed by atoms with Gasteiger partial charge in [-0.25, -0.2) is 9.48 Å². The van der Waals surface area contributed by atoms with Crippen LogP contribution < -0.4 is 5.32 Å². The van der Waals surface area contributed by atoms with Gasteiger partial charge in [-0.1, -0.05) is 5.21 Å². The van der Waals surface area contributed by atoms with Gasteiger partial charge >= 0.3 is 12.0 Å². The van der Waals surface area contributed by atoms with Crippen molar-refractivity contribution in [2.75, 3.05) is 13.6 Å². The molecule has 0 aliphatic carbocycles. The summed E-state index contributed by atoms with van der Waals surface area (Å²) in [5.74, 6) is -1.01. The first kappa shape index (κ1) is 15.9. The van der Waals surface area contributed by atoms with E-state index in [1.165, 1.54) is 15.8 Å². The van der Waals surface area contributed by atoms with E-state index in [0.29, 0.717) is 18.7 Å². The molecule has 0 spiro atoms. The zero-order valence-electron chi connectivity index (χ0n) is 11.5. The molecule has 3 N–H and O–H groups in total. The van der Waals surface area contributed by atoms with E-state index in [2.05, 4.69) is 15.6 Å². The molecule has 1 heterocycles. The van der Waals surface area contributed by atoms with E-state index in [1.54, 1.807) is 14.0 Å². The molecule has 2 amide bonds. The average Bonchev–Trinajstić information content (AvgIpc) is 2.79. The van der Waals surface area contributed by atoms with Gasteiger partial charge in [0.2, 0.25) is 0 Å². The van der Waals surface area contributed by atoms with Crippen LogP contribution in [0.1, 0.15) is 19.0 Å². The fraction of sp³-hybridized carbons (Fsp3) is 0.636. The molecule has 9 heteroatoms. The normalized spacial score (nSPS) is 11.9. The maximum atomic E-state index is 11.7. The quantitative estimate of drug-likeness (QED) is 0.607. The Morgan fingerprint density at radius 2 is 2.25 bits per heavy atom. The smallest absolute Gasteiger partial charge is 0.325 e. The molecular formula is C11H19N5O4. The van der Waals surface area contributed by atoms with Gasteiger partial charge < -0.3 is 20.4 Å². The van der Waals surface area contributed by atoms with Crippen molar-refractivity contribution in [3.8, 4) is 0 Å². The summed E-state index contributed by atoms with van der Waals surface area (Å²) in [5, 5.41) is 27.7. The van der Waals surface area contributed by atoms with Gasteiger partial charge in [0.25, 0.3) is 0 Å². The van der Waals surface area contributed by atoms with Crippen LogP contribution in [0, 0.1) is 0 Å². The van der Waals surface area contributed by atoms with Crippen molar-refractivity contribution in [2.45, 2.75) is 32.5 Å². The van der Waals surface area contributed by atoms with Crippen LogP contribution in [-0.2, 0) is 17.9 Å². The third-order valence-corrected chi connectivity index (χ3v) is 2.53. The van der Waals surface area contributed by atoms with E-state index in [1.807, 2.05) is 0 Å². The summed E-state index contributed by atoms with van der Waals surface area (Å²) in [6, 6.07) is -0.293. The number of carbonyl (C=O) groups is 2. The van der Waals surface area contributed by atoms with Gasteiger partial charge in [0.05, 0.1) is 18.8 Å². The number of nitrogens with one attached hydrogen (secondary N) is 1. The number of rotatable bonds is 7. The third-order valence-electron chi connectivity index (χ3n) is 2.53. The van der Waals surface area contributed by atoms with Crippen molar-refractivity contribution in [3.63, 3.8) is 0 Å². The summed E-state index contributed by atoms with van der Waals surface area (Å²) in [6.45, 7) is 1.99. The van der Waals surface area contributed by atoms with Crippen LogP contribution in [0.4, 0.5) is 4.79 Å². The monoisotopic (exact) mass is 285 g/mol. The summed E-state index contributed by atoms with van der Waals surface area (Å²) in [6.07, 6.45) is 1.50. The average molecular weight is 285 g/mol. The fourth-order valence-corrected chi connectivity index (χ4v) is 1.42. The second kappa shape index (κ2) is 7.43. The van der Waals surface area contributed by atoms with Gasteiger partial charge in [0, 0.05) is 13.6 Å². The Labute approximate surface area is 116 Å². The van der Waals surface area contributed by atoms with Crippen LogP contribution in [-0.4, -0.2) is 61.8 Å². The van der Waals surface area contributed by atoms with Crippen molar-refractivity contribution in [1.82, 2.24) is 25.2 Å². The van der Waals surface area contributed by atoms with E-state index in [-0.39, 0.29) is 19.1 Å². The van der Waals surface area contributed by atoms with Crippen LogP contribution in [0.2, 0.25) is 0 Å². The van der Waals surface area contributed by atoms with E-state index in [9.17, 15) is 9.59 Å². The molecule has 0 aromatic carbocycles. The molecule has 1 atom stereocenters. The van der Waals surface area contributed by atoms with Crippen molar-refractivity contribution in [1.29, 1.82) is 0 Å². The Morgan fingerprint density at radius 1 is 1.55 bits per heavy atom. The Kier molecular flexibility index (Phi) is 5.91. The maximum Gasteiger partial charge on any atom is 0.325 e. The molecule has 0 radical (unpaired) electrons. The minimum absolute atomic E-state index is 0.164. The number of aliphatic carboxylic acids is 1. The van der Waals surface area contributed by atoms with E-state index < -0.39 is 12.1 Å². The molecule has 1 unspecified atom stereocenters. The molecule has 0 bridgehead atoms. The van der Waals surface area contributed by atoms with Crippen LogP contribution in [0.3, 0.4) is 0 Å². The van der Waals surface area contributed by atoms with Crippen LogP contribution in [0.25, 0.3) is 0 Å². The topological polar surface area (TPSA) is 121 Å². The zero-order valence-corrected chi connectivity index (χ0v) is 11.5. The highest BCUT2D eigenvalue weighted by molar-refractivity contribution is 5.73. The molecule has 112 valence electrons. The summed E-state index contributed by atoms with van der Waals surface area (Å²) < 4.78 is 1.18. The van der Waals surface area contributed by atoms with Gasteiger partial charge in [-0.15, -0.1) is 5.10 Å². The van der Waals surface area contributed by atoms with Gasteiger partial charge in [0.1, 0.15) is 12.2 Å². The van der Waals surface area contributed by atoms with Crippen molar-refractivity contribution < 1.29 is 19.8 Å². The number of urea groups is 1. The number of carboxylic acids is 1. The Morgan fingerprint density at radius 3 is 2.85 bits per heavy atom. The van der Waals surface area contributed by atoms with Crippen LogP contribution in [0.15, 0.2) is 6.20 Å². The van der Waals surface area contributed by atoms with Crippen LogP contribution >= 0.6 is 0 Å². The third kappa shape index (κ3) is 5.65. The second-order valence-electron chi connectivity index (χ2n) is 4.52. The summed E-state index contributed by atoms with van der Waals surface area (Å²) in [5.41, 5.74) is 0.475.